The molecule has 5 nitrogen and oxygen atoms in total. The fraction of sp³-hybridized carbons (Fsp3) is 0.815. The highest BCUT2D eigenvalue weighted by molar-refractivity contribution is 5.69. The van der Waals surface area contributed by atoms with Crippen molar-refractivity contribution in [3.8, 4) is 0 Å². The number of hydrogen-bond donors (Lipinski definition) is 1. The molecule has 7 heteroatoms. The Morgan fingerprint density at radius 1 is 1.24 bits per heavy atom. The summed E-state index contributed by atoms with van der Waals surface area (Å²) < 4.78 is 46.5. The van der Waals surface area contributed by atoms with Crippen molar-refractivity contribution in [2.75, 3.05) is 13.7 Å². The second kappa shape index (κ2) is 15.6. The number of hydrogen-bond acceptors (Lipinski definition) is 5. The van der Waals surface area contributed by atoms with Gasteiger partial charge in [-0.1, -0.05) is 51.0 Å². The van der Waals surface area contributed by atoms with Crippen LogP contribution in [0.25, 0.3) is 0 Å². The summed E-state index contributed by atoms with van der Waals surface area (Å²) in [5.41, 5.74) is 0. The maximum absolute atomic E-state index is 15.2. The van der Waals surface area contributed by atoms with Gasteiger partial charge in [-0.3, -0.25) is 4.79 Å². The molecule has 1 aliphatic carbocycles. The van der Waals surface area contributed by atoms with Crippen molar-refractivity contribution in [2.45, 2.75) is 109 Å². The molecule has 1 heterocycles. The van der Waals surface area contributed by atoms with E-state index in [4.69, 9.17) is 9.47 Å². The number of esters is 1. The van der Waals surface area contributed by atoms with Crippen molar-refractivity contribution in [2.24, 2.45) is 17.8 Å². The molecule has 8 atom stereocenters. The first-order chi connectivity index (χ1) is 16.4. The van der Waals surface area contributed by atoms with Gasteiger partial charge in [0.15, 0.2) is 6.29 Å². The van der Waals surface area contributed by atoms with Gasteiger partial charge in [-0.25, -0.2) is 8.78 Å². The molecule has 1 aliphatic heterocycles. The maximum atomic E-state index is 15.2. The molecule has 0 spiro atoms. The van der Waals surface area contributed by atoms with Crippen molar-refractivity contribution >= 4 is 5.97 Å². The zero-order valence-corrected chi connectivity index (χ0v) is 21.0. The van der Waals surface area contributed by atoms with Gasteiger partial charge in [-0.2, -0.15) is 0 Å². The first-order valence-corrected chi connectivity index (χ1v) is 13.0. The molecule has 2 rings (SSSR count). The van der Waals surface area contributed by atoms with Crippen LogP contribution in [0.5, 0.6) is 0 Å². The Kier molecular flexibility index (Phi) is 13.3. The van der Waals surface area contributed by atoms with Gasteiger partial charge in [0.2, 0.25) is 0 Å². The molecular formula is C27H44F2O5. The van der Waals surface area contributed by atoms with Crippen LogP contribution in [0.2, 0.25) is 0 Å². The van der Waals surface area contributed by atoms with Crippen molar-refractivity contribution in [1.29, 1.82) is 0 Å². The van der Waals surface area contributed by atoms with Crippen LogP contribution >= 0.6 is 0 Å². The van der Waals surface area contributed by atoms with E-state index >= 15 is 8.78 Å². The molecule has 0 amide bonds. The smallest absolute Gasteiger partial charge is 0.305 e. The predicted molar refractivity (Wildman–Crippen MR) is 129 cm³/mol. The summed E-state index contributed by atoms with van der Waals surface area (Å²) in [6.45, 7) is 4.64. The van der Waals surface area contributed by atoms with Gasteiger partial charge >= 0.3 is 5.97 Å². The van der Waals surface area contributed by atoms with Crippen molar-refractivity contribution in [3.63, 3.8) is 0 Å². The molecule has 1 saturated heterocycles. The minimum Gasteiger partial charge on any atom is -0.469 e. The fourth-order valence-electron chi connectivity index (χ4n) is 4.94. The first-order valence-electron chi connectivity index (χ1n) is 13.0. The number of ether oxygens (including phenoxy) is 3. The summed E-state index contributed by atoms with van der Waals surface area (Å²) in [6, 6.07) is 0. The van der Waals surface area contributed by atoms with Crippen molar-refractivity contribution in [3.05, 3.63) is 24.3 Å². The number of carbonyl (C=O) groups is 1. The third kappa shape index (κ3) is 9.38. The summed E-state index contributed by atoms with van der Waals surface area (Å²) in [5, 5.41) is 10.6. The lowest BCUT2D eigenvalue weighted by Crippen LogP contribution is -2.33. The average molecular weight is 487 g/mol. The first kappa shape index (κ1) is 28.9. The number of methoxy groups -OCH3 is 1. The summed E-state index contributed by atoms with van der Waals surface area (Å²) in [7, 11) is 1.35. The van der Waals surface area contributed by atoms with Gasteiger partial charge in [0.1, 0.15) is 18.4 Å². The van der Waals surface area contributed by atoms with Gasteiger partial charge in [0, 0.05) is 18.9 Å². The molecule has 2 unspecified atom stereocenters. The molecule has 0 radical (unpaired) electrons. The quantitative estimate of drug-likeness (QED) is 0.189. The molecule has 1 N–H and O–H groups in total. The lowest BCUT2D eigenvalue weighted by Gasteiger charge is -2.29. The molecule has 34 heavy (non-hydrogen) atoms. The number of allylic oxidation sites excluding steroid dienone is 3. The topological polar surface area (TPSA) is 65.0 Å². The summed E-state index contributed by atoms with van der Waals surface area (Å²) in [5.74, 6) is -1.02. The Balaban J connectivity index is 2.03. The molecule has 0 aromatic rings. The highest BCUT2D eigenvalue weighted by atomic mass is 19.1. The number of aliphatic hydroxyl groups excluding tert-OH is 1. The van der Waals surface area contributed by atoms with E-state index in [0.29, 0.717) is 38.7 Å². The minimum atomic E-state index is -1.32. The Morgan fingerprint density at radius 3 is 2.71 bits per heavy atom. The van der Waals surface area contributed by atoms with E-state index in [1.807, 2.05) is 19.9 Å². The van der Waals surface area contributed by atoms with Gasteiger partial charge in [-0.05, 0) is 56.8 Å². The lowest BCUT2D eigenvalue weighted by atomic mass is 9.85. The molecule has 0 bridgehead atoms. The predicted octanol–water partition coefficient (Wildman–Crippen LogP) is 5.85. The number of carbonyl (C=O) groups excluding carboxylic acids is 1. The van der Waals surface area contributed by atoms with E-state index in [9.17, 15) is 9.90 Å². The molecule has 196 valence electrons. The third-order valence-corrected chi connectivity index (χ3v) is 6.99. The normalized spacial score (nSPS) is 30.6. The molecule has 2 aliphatic rings. The Hall–Kier alpha value is -1.31. The van der Waals surface area contributed by atoms with Gasteiger partial charge in [-0.15, -0.1) is 0 Å². The maximum Gasteiger partial charge on any atom is 0.305 e. The van der Waals surface area contributed by atoms with E-state index in [2.05, 4.69) is 4.74 Å². The number of aliphatic hydroxyl groups is 1. The van der Waals surface area contributed by atoms with E-state index in [-0.39, 0.29) is 17.8 Å². The average Bonchev–Trinajstić information content (AvgIpc) is 3.12. The van der Waals surface area contributed by atoms with Crippen LogP contribution in [0.4, 0.5) is 8.78 Å². The second-order valence-corrected chi connectivity index (χ2v) is 9.72. The van der Waals surface area contributed by atoms with Crippen LogP contribution < -0.4 is 0 Å². The highest BCUT2D eigenvalue weighted by Gasteiger charge is 2.43. The number of alkyl halides is 2. The van der Waals surface area contributed by atoms with Crippen LogP contribution in [0.1, 0.15) is 78.1 Å². The van der Waals surface area contributed by atoms with Crippen molar-refractivity contribution < 1.29 is 32.9 Å². The summed E-state index contributed by atoms with van der Waals surface area (Å²) in [6.07, 6.45) is 9.15. The molecule has 1 saturated carbocycles. The largest absolute Gasteiger partial charge is 0.469 e. The zero-order chi connectivity index (χ0) is 24.9. The third-order valence-electron chi connectivity index (χ3n) is 6.99. The van der Waals surface area contributed by atoms with E-state index in [1.54, 1.807) is 12.2 Å². The Bertz CT molecular complexity index is 635. The zero-order valence-electron chi connectivity index (χ0n) is 21.0. The van der Waals surface area contributed by atoms with Gasteiger partial charge in [0.25, 0.3) is 0 Å². The van der Waals surface area contributed by atoms with Crippen LogP contribution in [0, 0.1) is 17.8 Å². The summed E-state index contributed by atoms with van der Waals surface area (Å²) in [4.78, 5) is 11.2. The van der Waals surface area contributed by atoms with Crippen LogP contribution in [0.3, 0.4) is 0 Å². The number of rotatable bonds is 14. The standard InChI is InChI=1S/C27H44F2O5/c1-4-5-11-21(28)24(34-26-14-9-10-17-33-26)16-15-20-19(2)18-23(30)27(20)22(29)12-7-6-8-13-25(31)32-3/h7,12,15-16,19-24,26-27,30H,4-6,8-11,13-14,17-18H2,1-3H3/t19-,20+,21?,22+,23+,24-,26?,27+/m1/s1. The monoisotopic (exact) mass is 486 g/mol. The number of unbranched alkanes of at least 4 members (excludes halogenated alkanes) is 2. The Labute approximate surface area is 203 Å². The molecule has 0 aromatic carbocycles. The molecule has 0 aromatic heterocycles. The van der Waals surface area contributed by atoms with Crippen LogP contribution in [-0.2, 0) is 19.0 Å². The minimum absolute atomic E-state index is 0.0718. The van der Waals surface area contributed by atoms with E-state index in [1.165, 1.54) is 13.2 Å². The SMILES string of the molecule is CCCCC(F)[C@@H](C=C[C@@H]1[C@@H]([C@@H](F)C=CCCCC(=O)OC)[C@@H](O)C[C@H]1C)OC1CCCCO1. The summed E-state index contributed by atoms with van der Waals surface area (Å²) >= 11 is 0. The highest BCUT2D eigenvalue weighted by Crippen LogP contribution is 2.41. The lowest BCUT2D eigenvalue weighted by molar-refractivity contribution is -0.189. The van der Waals surface area contributed by atoms with E-state index < -0.39 is 36.8 Å². The van der Waals surface area contributed by atoms with Gasteiger partial charge < -0.3 is 19.3 Å². The number of halogens is 2. The molecular weight excluding hydrogens is 442 g/mol. The van der Waals surface area contributed by atoms with E-state index in [0.717, 1.165) is 32.1 Å². The van der Waals surface area contributed by atoms with Crippen molar-refractivity contribution in [1.82, 2.24) is 0 Å². The van der Waals surface area contributed by atoms with Crippen LogP contribution in [-0.4, -0.2) is 55.6 Å². The fourth-order valence-corrected chi connectivity index (χ4v) is 4.94. The Morgan fingerprint density at radius 2 is 2.03 bits per heavy atom. The van der Waals surface area contributed by atoms with Crippen LogP contribution in [0.15, 0.2) is 24.3 Å². The second-order valence-electron chi connectivity index (χ2n) is 9.72. The van der Waals surface area contributed by atoms with Gasteiger partial charge in [0.05, 0.1) is 13.2 Å². The molecule has 2 fully saturated rings.